The van der Waals surface area contributed by atoms with E-state index in [1.165, 1.54) is 19.4 Å². The quantitative estimate of drug-likeness (QED) is 0.911. The number of carbonyl (C=O) groups is 1. The lowest BCUT2D eigenvalue weighted by Crippen LogP contribution is -2.57. The maximum absolute atomic E-state index is 12.8. The van der Waals surface area contributed by atoms with Gasteiger partial charge in [0.25, 0.3) is 0 Å². The first kappa shape index (κ1) is 16.1. The third-order valence-electron chi connectivity index (χ3n) is 5.35. The van der Waals surface area contributed by atoms with Crippen LogP contribution in [0, 0.1) is 6.92 Å². The number of anilines is 1. The van der Waals surface area contributed by atoms with Gasteiger partial charge in [-0.3, -0.25) is 4.90 Å². The van der Waals surface area contributed by atoms with Crippen LogP contribution in [0.5, 0.6) is 0 Å². The Balaban J connectivity index is 1.50. The summed E-state index contributed by atoms with van der Waals surface area (Å²) in [5, 5.41) is 3.05. The molecule has 0 spiro atoms. The highest BCUT2D eigenvalue weighted by Gasteiger charge is 2.36. The van der Waals surface area contributed by atoms with Crippen molar-refractivity contribution in [2.75, 3.05) is 25.0 Å². The summed E-state index contributed by atoms with van der Waals surface area (Å²) in [4.78, 5) is 21.5. The molecule has 0 bridgehead atoms. The summed E-state index contributed by atoms with van der Waals surface area (Å²) in [6, 6.07) is 6.55. The molecule has 2 aromatic rings. The van der Waals surface area contributed by atoms with Crippen molar-refractivity contribution >= 4 is 11.7 Å². The molecule has 0 unspecified atom stereocenters. The first-order chi connectivity index (χ1) is 12.1. The molecule has 2 fully saturated rings. The van der Waals surface area contributed by atoms with Gasteiger partial charge in [0.15, 0.2) is 0 Å². The van der Waals surface area contributed by atoms with Crippen molar-refractivity contribution in [1.82, 2.24) is 14.8 Å². The standard InChI is InChI=1S/C19H24N4O2/c1-13-5-6-15(10-17(13)18-20-7-9-25-18)21-19(24)23-12-16-4-3-8-22(16)11-14(23)2/h5-7,9-10,14,16H,3-4,8,11-12H2,1-2H3,(H,21,24)/t14-,16+/m0/s1. The largest absolute Gasteiger partial charge is 0.445 e. The number of aryl methyl sites for hydroxylation is 1. The van der Waals surface area contributed by atoms with Crippen LogP contribution in [0.25, 0.3) is 11.5 Å². The molecule has 6 nitrogen and oxygen atoms in total. The summed E-state index contributed by atoms with van der Waals surface area (Å²) in [5.74, 6) is 0.571. The van der Waals surface area contributed by atoms with Gasteiger partial charge < -0.3 is 14.6 Å². The van der Waals surface area contributed by atoms with Crippen LogP contribution in [0.15, 0.2) is 35.1 Å². The fourth-order valence-electron chi connectivity index (χ4n) is 3.95. The molecule has 0 saturated carbocycles. The van der Waals surface area contributed by atoms with Crippen LogP contribution in [-0.2, 0) is 0 Å². The van der Waals surface area contributed by atoms with Crippen molar-refractivity contribution < 1.29 is 9.21 Å². The Hall–Kier alpha value is -2.34. The van der Waals surface area contributed by atoms with Gasteiger partial charge in [-0.15, -0.1) is 0 Å². The van der Waals surface area contributed by atoms with E-state index >= 15 is 0 Å². The number of fused-ring (bicyclic) bond motifs is 1. The number of urea groups is 1. The average Bonchev–Trinajstić information content (AvgIpc) is 3.26. The molecule has 0 aliphatic carbocycles. The summed E-state index contributed by atoms with van der Waals surface area (Å²) in [6.45, 7) is 7.08. The number of hydrogen-bond donors (Lipinski definition) is 1. The minimum absolute atomic E-state index is 0.0266. The number of amides is 2. The molecule has 2 aliphatic heterocycles. The molecule has 3 heterocycles. The monoisotopic (exact) mass is 340 g/mol. The molecule has 2 atom stereocenters. The van der Waals surface area contributed by atoms with E-state index < -0.39 is 0 Å². The zero-order valence-corrected chi connectivity index (χ0v) is 14.7. The second-order valence-electron chi connectivity index (χ2n) is 7.09. The van der Waals surface area contributed by atoms with Crippen molar-refractivity contribution in [2.45, 2.75) is 38.8 Å². The third kappa shape index (κ3) is 3.14. The highest BCUT2D eigenvalue weighted by atomic mass is 16.3. The van der Waals surface area contributed by atoms with Gasteiger partial charge in [-0.25, -0.2) is 9.78 Å². The number of nitrogens with zero attached hydrogens (tertiary/aromatic N) is 3. The molecule has 1 aromatic carbocycles. The smallest absolute Gasteiger partial charge is 0.322 e. The molecule has 1 N–H and O–H groups in total. The second kappa shape index (κ2) is 6.52. The predicted octanol–water partition coefficient (Wildman–Crippen LogP) is 3.35. The van der Waals surface area contributed by atoms with Gasteiger partial charge in [0.2, 0.25) is 5.89 Å². The van der Waals surface area contributed by atoms with E-state index in [0.29, 0.717) is 11.9 Å². The first-order valence-corrected chi connectivity index (χ1v) is 8.94. The maximum Gasteiger partial charge on any atom is 0.322 e. The number of benzene rings is 1. The molecular weight excluding hydrogens is 316 g/mol. The zero-order chi connectivity index (χ0) is 17.4. The highest BCUT2D eigenvalue weighted by Crippen LogP contribution is 2.27. The van der Waals surface area contributed by atoms with Crippen molar-refractivity contribution in [3.8, 4) is 11.5 Å². The molecule has 1 aromatic heterocycles. The normalized spacial score (nSPS) is 23.5. The number of nitrogens with one attached hydrogen (secondary N) is 1. The number of hydrogen-bond acceptors (Lipinski definition) is 4. The number of aromatic nitrogens is 1. The predicted molar refractivity (Wildman–Crippen MR) is 96.5 cm³/mol. The lowest BCUT2D eigenvalue weighted by atomic mass is 10.1. The number of rotatable bonds is 2. The Kier molecular flexibility index (Phi) is 4.21. The Morgan fingerprint density at radius 3 is 3.04 bits per heavy atom. The molecule has 132 valence electrons. The second-order valence-corrected chi connectivity index (χ2v) is 7.09. The SMILES string of the molecule is Cc1ccc(NC(=O)N2C[C@H]3CCCN3C[C@@H]2C)cc1-c1ncco1. The molecule has 4 rings (SSSR count). The van der Waals surface area contributed by atoms with E-state index in [4.69, 9.17) is 4.42 Å². The number of oxazole rings is 1. The van der Waals surface area contributed by atoms with Gasteiger partial charge in [-0.2, -0.15) is 0 Å². The first-order valence-electron chi connectivity index (χ1n) is 8.94. The fraction of sp³-hybridized carbons (Fsp3) is 0.474. The summed E-state index contributed by atoms with van der Waals surface area (Å²) >= 11 is 0. The number of piperazine rings is 1. The van der Waals surface area contributed by atoms with E-state index in [-0.39, 0.29) is 12.1 Å². The average molecular weight is 340 g/mol. The highest BCUT2D eigenvalue weighted by molar-refractivity contribution is 5.90. The van der Waals surface area contributed by atoms with Crippen LogP contribution >= 0.6 is 0 Å². The van der Waals surface area contributed by atoms with E-state index in [9.17, 15) is 4.79 Å². The van der Waals surface area contributed by atoms with Gasteiger partial charge in [-0.1, -0.05) is 6.07 Å². The van der Waals surface area contributed by atoms with Crippen LogP contribution in [0.3, 0.4) is 0 Å². The summed E-state index contributed by atoms with van der Waals surface area (Å²) in [5.41, 5.74) is 2.73. The van der Waals surface area contributed by atoms with Crippen LogP contribution < -0.4 is 5.32 Å². The molecule has 2 aliphatic rings. The van der Waals surface area contributed by atoms with Crippen LogP contribution in [0.1, 0.15) is 25.3 Å². The van der Waals surface area contributed by atoms with Crippen molar-refractivity contribution in [2.24, 2.45) is 0 Å². The van der Waals surface area contributed by atoms with E-state index in [1.54, 1.807) is 12.5 Å². The lowest BCUT2D eigenvalue weighted by Gasteiger charge is -2.42. The van der Waals surface area contributed by atoms with E-state index in [2.05, 4.69) is 22.1 Å². The minimum atomic E-state index is -0.0266. The van der Waals surface area contributed by atoms with Gasteiger partial charge in [-0.05, 0) is 50.9 Å². The maximum atomic E-state index is 12.8. The Morgan fingerprint density at radius 1 is 1.36 bits per heavy atom. The van der Waals surface area contributed by atoms with Crippen molar-refractivity contribution in [3.05, 3.63) is 36.2 Å². The molecular formula is C19H24N4O2. The fourth-order valence-corrected chi connectivity index (χ4v) is 3.95. The molecule has 25 heavy (non-hydrogen) atoms. The van der Waals surface area contributed by atoms with E-state index in [0.717, 1.165) is 29.9 Å². The van der Waals surface area contributed by atoms with Crippen molar-refractivity contribution in [1.29, 1.82) is 0 Å². The molecule has 2 saturated heterocycles. The van der Waals surface area contributed by atoms with Gasteiger partial charge in [0, 0.05) is 36.4 Å². The van der Waals surface area contributed by atoms with Gasteiger partial charge in [0.05, 0.1) is 6.20 Å². The van der Waals surface area contributed by atoms with Crippen LogP contribution in [-0.4, -0.2) is 52.5 Å². The summed E-state index contributed by atoms with van der Waals surface area (Å²) < 4.78 is 5.40. The van der Waals surface area contributed by atoms with Crippen molar-refractivity contribution in [3.63, 3.8) is 0 Å². The Morgan fingerprint density at radius 2 is 2.24 bits per heavy atom. The molecule has 2 amide bonds. The topological polar surface area (TPSA) is 61.6 Å². The van der Waals surface area contributed by atoms with E-state index in [1.807, 2.05) is 30.0 Å². The lowest BCUT2D eigenvalue weighted by molar-refractivity contribution is 0.0861. The Labute approximate surface area is 147 Å². The van der Waals surface area contributed by atoms with Crippen LogP contribution in [0.4, 0.5) is 10.5 Å². The van der Waals surface area contributed by atoms with Gasteiger partial charge >= 0.3 is 6.03 Å². The summed E-state index contributed by atoms with van der Waals surface area (Å²) in [6.07, 6.45) is 5.62. The summed E-state index contributed by atoms with van der Waals surface area (Å²) in [7, 11) is 0. The molecule has 6 heteroatoms. The van der Waals surface area contributed by atoms with Crippen LogP contribution in [0.2, 0.25) is 0 Å². The Bertz CT molecular complexity index is 759. The van der Waals surface area contributed by atoms with Gasteiger partial charge in [0.1, 0.15) is 6.26 Å². The molecule has 0 radical (unpaired) electrons. The minimum Gasteiger partial charge on any atom is -0.445 e. The third-order valence-corrected chi connectivity index (χ3v) is 5.35. The number of carbonyl (C=O) groups excluding carboxylic acids is 1. The zero-order valence-electron chi connectivity index (χ0n) is 14.7.